The van der Waals surface area contributed by atoms with Crippen molar-refractivity contribution in [1.82, 2.24) is 5.32 Å². The number of nitrogens with one attached hydrogen (secondary N) is 1. The molecular formula is C15H19F2NO3. The molecule has 21 heavy (non-hydrogen) atoms. The summed E-state index contributed by atoms with van der Waals surface area (Å²) < 4.78 is 26.2. The SMILES string of the molecule is CC(C)(C)CC(CNC(=O)c1ccc(F)cc1F)C(=O)O. The fraction of sp³-hybridized carbons (Fsp3) is 0.467. The molecule has 0 heterocycles. The molecule has 0 radical (unpaired) electrons. The van der Waals surface area contributed by atoms with Crippen LogP contribution in [0.1, 0.15) is 37.6 Å². The van der Waals surface area contributed by atoms with Gasteiger partial charge in [0.15, 0.2) is 0 Å². The smallest absolute Gasteiger partial charge is 0.308 e. The van der Waals surface area contributed by atoms with Crippen LogP contribution in [0.5, 0.6) is 0 Å². The van der Waals surface area contributed by atoms with Gasteiger partial charge in [0.05, 0.1) is 11.5 Å². The van der Waals surface area contributed by atoms with Crippen molar-refractivity contribution in [2.24, 2.45) is 11.3 Å². The zero-order valence-corrected chi connectivity index (χ0v) is 12.2. The van der Waals surface area contributed by atoms with Crippen LogP contribution in [-0.4, -0.2) is 23.5 Å². The second-order valence-electron chi connectivity index (χ2n) is 6.13. The summed E-state index contributed by atoms with van der Waals surface area (Å²) in [7, 11) is 0. The summed E-state index contributed by atoms with van der Waals surface area (Å²) in [6, 6.07) is 2.61. The highest BCUT2D eigenvalue weighted by atomic mass is 19.1. The molecule has 1 aromatic rings. The molecule has 116 valence electrons. The van der Waals surface area contributed by atoms with E-state index < -0.39 is 29.4 Å². The van der Waals surface area contributed by atoms with Gasteiger partial charge in [-0.3, -0.25) is 9.59 Å². The molecule has 0 bridgehead atoms. The molecule has 0 aliphatic carbocycles. The van der Waals surface area contributed by atoms with Crippen LogP contribution < -0.4 is 5.32 Å². The third kappa shape index (κ3) is 5.49. The summed E-state index contributed by atoms with van der Waals surface area (Å²) >= 11 is 0. The molecule has 1 amide bonds. The molecular weight excluding hydrogens is 280 g/mol. The maximum atomic E-state index is 13.4. The number of hydrogen-bond acceptors (Lipinski definition) is 2. The van der Waals surface area contributed by atoms with E-state index in [0.717, 1.165) is 12.1 Å². The lowest BCUT2D eigenvalue weighted by molar-refractivity contribution is -0.142. The van der Waals surface area contributed by atoms with Crippen LogP contribution in [0.2, 0.25) is 0 Å². The van der Waals surface area contributed by atoms with Crippen molar-refractivity contribution in [3.8, 4) is 0 Å². The zero-order chi connectivity index (χ0) is 16.2. The number of carbonyl (C=O) groups is 2. The maximum Gasteiger partial charge on any atom is 0.308 e. The van der Waals surface area contributed by atoms with E-state index in [0.29, 0.717) is 12.5 Å². The Labute approximate surface area is 122 Å². The lowest BCUT2D eigenvalue weighted by atomic mass is 9.84. The Morgan fingerprint density at radius 1 is 1.29 bits per heavy atom. The average Bonchev–Trinajstić information content (AvgIpc) is 2.32. The Morgan fingerprint density at radius 2 is 1.90 bits per heavy atom. The summed E-state index contributed by atoms with van der Waals surface area (Å²) in [5.41, 5.74) is -0.522. The highest BCUT2D eigenvalue weighted by Crippen LogP contribution is 2.24. The number of carboxylic acids is 1. The Kier molecular flexibility index (Phi) is 5.41. The first kappa shape index (κ1) is 17.1. The lowest BCUT2D eigenvalue weighted by Crippen LogP contribution is -2.35. The molecule has 1 rings (SSSR count). The number of aliphatic carboxylic acids is 1. The molecule has 6 heteroatoms. The van der Waals surface area contributed by atoms with Crippen molar-refractivity contribution in [2.45, 2.75) is 27.2 Å². The number of halogens is 2. The van der Waals surface area contributed by atoms with E-state index in [9.17, 15) is 18.4 Å². The summed E-state index contributed by atoms with van der Waals surface area (Å²) in [4.78, 5) is 23.0. The summed E-state index contributed by atoms with van der Waals surface area (Å²) in [5, 5.41) is 11.5. The topological polar surface area (TPSA) is 66.4 Å². The van der Waals surface area contributed by atoms with E-state index in [1.54, 1.807) is 0 Å². The van der Waals surface area contributed by atoms with Gasteiger partial charge < -0.3 is 10.4 Å². The summed E-state index contributed by atoms with van der Waals surface area (Å²) in [5.74, 6) is -4.30. The first-order chi connectivity index (χ1) is 9.60. The first-order valence-corrected chi connectivity index (χ1v) is 6.56. The van der Waals surface area contributed by atoms with Gasteiger partial charge >= 0.3 is 5.97 Å². The van der Waals surface area contributed by atoms with Gasteiger partial charge in [0.1, 0.15) is 11.6 Å². The van der Waals surface area contributed by atoms with Gasteiger partial charge in [-0.2, -0.15) is 0 Å². The number of rotatable bonds is 5. The Balaban J connectivity index is 2.71. The van der Waals surface area contributed by atoms with E-state index in [1.165, 1.54) is 0 Å². The number of carbonyl (C=O) groups excluding carboxylic acids is 1. The van der Waals surface area contributed by atoms with Crippen LogP contribution in [-0.2, 0) is 4.79 Å². The van der Waals surface area contributed by atoms with Crippen LogP contribution in [0.4, 0.5) is 8.78 Å². The number of carboxylic acid groups (broad SMARTS) is 1. The van der Waals surface area contributed by atoms with E-state index in [1.807, 2.05) is 20.8 Å². The molecule has 1 aromatic carbocycles. The second kappa shape index (κ2) is 6.65. The number of amides is 1. The molecule has 0 fully saturated rings. The highest BCUT2D eigenvalue weighted by molar-refractivity contribution is 5.94. The van der Waals surface area contributed by atoms with Crippen molar-refractivity contribution in [3.05, 3.63) is 35.4 Å². The van der Waals surface area contributed by atoms with Crippen LogP contribution in [0.15, 0.2) is 18.2 Å². The molecule has 0 aliphatic rings. The van der Waals surface area contributed by atoms with E-state index in [-0.39, 0.29) is 17.5 Å². The Bertz CT molecular complexity index is 538. The lowest BCUT2D eigenvalue weighted by Gasteiger charge is -2.23. The molecule has 1 atom stereocenters. The minimum Gasteiger partial charge on any atom is -0.481 e. The van der Waals surface area contributed by atoms with Crippen molar-refractivity contribution >= 4 is 11.9 Å². The van der Waals surface area contributed by atoms with Crippen molar-refractivity contribution in [2.75, 3.05) is 6.54 Å². The molecule has 0 aromatic heterocycles. The monoisotopic (exact) mass is 299 g/mol. The Morgan fingerprint density at radius 3 is 2.38 bits per heavy atom. The third-order valence-electron chi connectivity index (χ3n) is 2.89. The third-order valence-corrected chi connectivity index (χ3v) is 2.89. The average molecular weight is 299 g/mol. The van der Waals surface area contributed by atoms with Crippen molar-refractivity contribution < 1.29 is 23.5 Å². The number of hydrogen-bond donors (Lipinski definition) is 2. The maximum absolute atomic E-state index is 13.4. The van der Waals surface area contributed by atoms with Gasteiger partial charge in [-0.15, -0.1) is 0 Å². The molecule has 4 nitrogen and oxygen atoms in total. The van der Waals surface area contributed by atoms with Gasteiger partial charge in [0.25, 0.3) is 5.91 Å². The number of benzene rings is 1. The first-order valence-electron chi connectivity index (χ1n) is 6.56. The van der Waals surface area contributed by atoms with E-state index in [2.05, 4.69) is 5.32 Å². The van der Waals surface area contributed by atoms with Gasteiger partial charge in [-0.1, -0.05) is 20.8 Å². The quantitative estimate of drug-likeness (QED) is 0.878. The normalized spacial score (nSPS) is 12.8. The van der Waals surface area contributed by atoms with E-state index in [4.69, 9.17) is 5.11 Å². The molecule has 2 N–H and O–H groups in total. The minimum absolute atomic E-state index is 0.109. The van der Waals surface area contributed by atoms with Gasteiger partial charge in [-0.25, -0.2) is 8.78 Å². The fourth-order valence-corrected chi connectivity index (χ4v) is 1.97. The van der Waals surface area contributed by atoms with Crippen LogP contribution in [0.3, 0.4) is 0 Å². The summed E-state index contributed by atoms with van der Waals surface area (Å²) in [6.07, 6.45) is 0.370. The molecule has 0 saturated heterocycles. The van der Waals surface area contributed by atoms with Crippen molar-refractivity contribution in [1.29, 1.82) is 0 Å². The fourth-order valence-electron chi connectivity index (χ4n) is 1.97. The van der Waals surface area contributed by atoms with Gasteiger partial charge in [-0.05, 0) is 24.0 Å². The summed E-state index contributed by atoms with van der Waals surface area (Å²) in [6.45, 7) is 5.57. The van der Waals surface area contributed by atoms with Crippen LogP contribution >= 0.6 is 0 Å². The predicted octanol–water partition coefficient (Wildman–Crippen LogP) is 2.83. The standard InChI is InChI=1S/C15H19F2NO3/c1-15(2,3)7-9(14(20)21)8-18-13(19)11-5-4-10(16)6-12(11)17/h4-6,9H,7-8H2,1-3H3,(H,18,19)(H,20,21). The minimum atomic E-state index is -1.02. The second-order valence-corrected chi connectivity index (χ2v) is 6.13. The van der Waals surface area contributed by atoms with Crippen LogP contribution in [0, 0.1) is 23.0 Å². The largest absolute Gasteiger partial charge is 0.481 e. The molecule has 0 aliphatic heterocycles. The van der Waals surface area contributed by atoms with Gasteiger partial charge in [0, 0.05) is 12.6 Å². The van der Waals surface area contributed by atoms with Gasteiger partial charge in [0.2, 0.25) is 0 Å². The molecule has 0 spiro atoms. The highest BCUT2D eigenvalue weighted by Gasteiger charge is 2.25. The molecule has 0 saturated carbocycles. The molecule has 1 unspecified atom stereocenters. The van der Waals surface area contributed by atoms with E-state index >= 15 is 0 Å². The van der Waals surface area contributed by atoms with Crippen LogP contribution in [0.25, 0.3) is 0 Å². The van der Waals surface area contributed by atoms with Crippen molar-refractivity contribution in [3.63, 3.8) is 0 Å². The predicted molar refractivity (Wildman–Crippen MR) is 73.9 cm³/mol. The Hall–Kier alpha value is -1.98. The zero-order valence-electron chi connectivity index (χ0n) is 12.2.